The van der Waals surface area contributed by atoms with Gasteiger partial charge >= 0.3 is 0 Å². The fourth-order valence-corrected chi connectivity index (χ4v) is 5.58. The number of nitrogens with zero attached hydrogens (tertiary/aromatic N) is 3. The molecule has 2 aliphatic rings. The maximum absolute atomic E-state index is 12.9. The number of benzene rings is 2. The number of rotatable bonds is 4. The Balaban J connectivity index is 1.30. The van der Waals surface area contributed by atoms with Crippen LogP contribution in [0.4, 0.5) is 5.69 Å². The third-order valence-corrected chi connectivity index (χ3v) is 7.69. The van der Waals surface area contributed by atoms with E-state index in [9.17, 15) is 9.59 Å². The highest BCUT2D eigenvalue weighted by Crippen LogP contribution is 2.31. The number of piperazine rings is 1. The maximum atomic E-state index is 12.9. The molecule has 5 nitrogen and oxygen atoms in total. The molecule has 0 saturated carbocycles. The van der Waals surface area contributed by atoms with Crippen molar-refractivity contribution >= 4 is 68.4 Å². The van der Waals surface area contributed by atoms with Gasteiger partial charge < -0.3 is 4.90 Å². The van der Waals surface area contributed by atoms with Crippen LogP contribution in [0.25, 0.3) is 0 Å². The van der Waals surface area contributed by atoms with Gasteiger partial charge in [0.1, 0.15) is 9.57 Å². The molecule has 2 amide bonds. The van der Waals surface area contributed by atoms with Crippen LogP contribution in [0.15, 0.2) is 54.6 Å². The van der Waals surface area contributed by atoms with Crippen molar-refractivity contribution < 1.29 is 9.59 Å². The monoisotopic (exact) mass is 551 g/mol. The molecule has 2 aromatic rings. The zero-order chi connectivity index (χ0) is 21.1. The van der Waals surface area contributed by atoms with Crippen molar-refractivity contribution in [1.82, 2.24) is 9.80 Å². The number of imide groups is 1. The Morgan fingerprint density at radius 3 is 2.33 bits per heavy atom. The lowest BCUT2D eigenvalue weighted by Crippen LogP contribution is -2.47. The van der Waals surface area contributed by atoms with Gasteiger partial charge in [0.25, 0.3) is 0 Å². The number of thiocarbonyl (C=S) groups is 1. The Bertz CT molecular complexity index is 931. The molecule has 0 spiro atoms. The van der Waals surface area contributed by atoms with Crippen LogP contribution in [0.3, 0.4) is 0 Å². The second-order valence-corrected chi connectivity index (χ2v) is 10.5. The smallest absolute Gasteiger partial charge is 0.247 e. The van der Waals surface area contributed by atoms with Crippen molar-refractivity contribution in [3.8, 4) is 0 Å². The Morgan fingerprint density at radius 1 is 1.00 bits per heavy atom. The average molecular weight is 551 g/mol. The van der Waals surface area contributed by atoms with Crippen molar-refractivity contribution in [3.05, 3.63) is 63.7 Å². The van der Waals surface area contributed by atoms with Gasteiger partial charge in [-0.2, -0.15) is 0 Å². The molecule has 0 N–H and O–H groups in total. The predicted octanol–water partition coefficient (Wildman–Crippen LogP) is 3.76. The standard InChI is InChI=1S/C22H22IN3O2S2/c23-17-6-8-18(9-7-17)26-20(27)14-19(21(26)28)30-22(29)25-12-10-24(11-13-25)15-16-4-2-1-3-5-16/h1-9,19H,10-15H2/t19-/m0/s1. The number of carbonyl (C=O) groups is 2. The summed E-state index contributed by atoms with van der Waals surface area (Å²) < 4.78 is 1.78. The van der Waals surface area contributed by atoms with E-state index >= 15 is 0 Å². The zero-order valence-electron chi connectivity index (χ0n) is 16.4. The van der Waals surface area contributed by atoms with E-state index in [2.05, 4.69) is 56.7 Å². The van der Waals surface area contributed by atoms with E-state index in [-0.39, 0.29) is 18.2 Å². The van der Waals surface area contributed by atoms with Crippen LogP contribution in [0.5, 0.6) is 0 Å². The molecule has 2 aliphatic heterocycles. The summed E-state index contributed by atoms with van der Waals surface area (Å²) in [5.74, 6) is -0.328. The van der Waals surface area contributed by atoms with Crippen molar-refractivity contribution in [3.63, 3.8) is 0 Å². The van der Waals surface area contributed by atoms with Crippen LogP contribution in [0.2, 0.25) is 0 Å². The maximum Gasteiger partial charge on any atom is 0.247 e. The lowest BCUT2D eigenvalue weighted by Gasteiger charge is -2.36. The summed E-state index contributed by atoms with van der Waals surface area (Å²) >= 11 is 9.19. The first-order valence-electron chi connectivity index (χ1n) is 9.85. The second-order valence-electron chi connectivity index (χ2n) is 7.37. The molecule has 2 aromatic carbocycles. The molecule has 8 heteroatoms. The van der Waals surface area contributed by atoms with E-state index in [4.69, 9.17) is 12.2 Å². The summed E-state index contributed by atoms with van der Waals surface area (Å²) in [6.07, 6.45) is 0.198. The van der Waals surface area contributed by atoms with Crippen molar-refractivity contribution in [2.24, 2.45) is 0 Å². The summed E-state index contributed by atoms with van der Waals surface area (Å²) in [6.45, 7) is 4.49. The molecular formula is C22H22IN3O2S2. The normalized spacial score (nSPS) is 20.1. The molecule has 2 fully saturated rings. The first-order valence-corrected chi connectivity index (χ1v) is 12.2. The number of carbonyl (C=O) groups excluding carboxylic acids is 2. The number of hydrogen-bond acceptors (Lipinski definition) is 5. The second kappa shape index (κ2) is 9.76. The number of hydrogen-bond donors (Lipinski definition) is 0. The van der Waals surface area contributed by atoms with E-state index in [0.717, 1.165) is 36.3 Å². The van der Waals surface area contributed by atoms with E-state index in [0.29, 0.717) is 10.0 Å². The third kappa shape index (κ3) is 5.04. The van der Waals surface area contributed by atoms with Gasteiger partial charge in [-0.3, -0.25) is 14.5 Å². The van der Waals surface area contributed by atoms with Crippen molar-refractivity contribution in [1.29, 1.82) is 0 Å². The molecule has 156 valence electrons. The molecule has 0 radical (unpaired) electrons. The number of halogens is 1. The summed E-state index contributed by atoms with van der Waals surface area (Å²) in [6, 6.07) is 17.9. The van der Waals surface area contributed by atoms with Crippen molar-refractivity contribution in [2.75, 3.05) is 31.1 Å². The number of thioether (sulfide) groups is 1. The number of anilines is 1. The van der Waals surface area contributed by atoms with Gasteiger partial charge in [0, 0.05) is 42.7 Å². The van der Waals surface area contributed by atoms with Gasteiger partial charge in [0.15, 0.2) is 0 Å². The van der Waals surface area contributed by atoms with Crippen LogP contribution in [0, 0.1) is 3.57 Å². The highest BCUT2D eigenvalue weighted by Gasteiger charge is 2.41. The van der Waals surface area contributed by atoms with Gasteiger partial charge in [-0.05, 0) is 52.4 Å². The average Bonchev–Trinajstić information content (AvgIpc) is 3.03. The molecule has 2 saturated heterocycles. The Labute approximate surface area is 199 Å². The summed E-state index contributed by atoms with van der Waals surface area (Å²) in [5, 5.41) is -0.438. The third-order valence-electron chi connectivity index (χ3n) is 5.31. The predicted molar refractivity (Wildman–Crippen MR) is 134 cm³/mol. The lowest BCUT2D eigenvalue weighted by molar-refractivity contribution is -0.121. The molecule has 1 atom stereocenters. The highest BCUT2D eigenvalue weighted by atomic mass is 127. The van der Waals surface area contributed by atoms with E-state index in [1.54, 1.807) is 0 Å². The van der Waals surface area contributed by atoms with E-state index in [1.165, 1.54) is 22.2 Å². The highest BCUT2D eigenvalue weighted by molar-refractivity contribution is 14.1. The van der Waals surface area contributed by atoms with Gasteiger partial charge in [-0.25, -0.2) is 4.90 Å². The number of amides is 2. The minimum absolute atomic E-state index is 0.158. The van der Waals surface area contributed by atoms with Crippen LogP contribution in [-0.4, -0.2) is 57.4 Å². The van der Waals surface area contributed by atoms with Crippen LogP contribution in [-0.2, 0) is 16.1 Å². The summed E-state index contributed by atoms with van der Waals surface area (Å²) in [7, 11) is 0. The van der Waals surface area contributed by atoms with Crippen molar-refractivity contribution in [2.45, 2.75) is 18.2 Å². The minimum Gasteiger partial charge on any atom is -0.355 e. The largest absolute Gasteiger partial charge is 0.355 e. The fraction of sp³-hybridized carbons (Fsp3) is 0.318. The molecule has 0 aliphatic carbocycles. The molecular weight excluding hydrogens is 529 g/mol. The molecule has 0 unspecified atom stereocenters. The van der Waals surface area contributed by atoms with E-state index < -0.39 is 5.25 Å². The molecule has 30 heavy (non-hydrogen) atoms. The van der Waals surface area contributed by atoms with Crippen LogP contribution in [0.1, 0.15) is 12.0 Å². The quantitative estimate of drug-likeness (QED) is 0.328. The van der Waals surface area contributed by atoms with Crippen LogP contribution < -0.4 is 4.90 Å². The topological polar surface area (TPSA) is 43.9 Å². The Hall–Kier alpha value is -1.49. The van der Waals surface area contributed by atoms with Crippen LogP contribution >= 0.6 is 46.6 Å². The summed E-state index contributed by atoms with van der Waals surface area (Å²) in [5.41, 5.74) is 1.95. The Kier molecular flexibility index (Phi) is 7.07. The van der Waals surface area contributed by atoms with Gasteiger partial charge in [0.2, 0.25) is 11.8 Å². The van der Waals surface area contributed by atoms with Gasteiger partial charge in [-0.1, -0.05) is 54.3 Å². The SMILES string of the molecule is O=C1C[C@H](SC(=S)N2CCN(Cc3ccccc3)CC2)C(=O)N1c1ccc(I)cc1. The lowest BCUT2D eigenvalue weighted by atomic mass is 10.2. The molecule has 0 aromatic heterocycles. The van der Waals surface area contributed by atoms with Gasteiger partial charge in [0.05, 0.1) is 5.69 Å². The van der Waals surface area contributed by atoms with E-state index in [1.807, 2.05) is 30.3 Å². The molecule has 0 bridgehead atoms. The molecule has 4 rings (SSSR count). The fourth-order valence-electron chi connectivity index (χ4n) is 3.68. The first-order chi connectivity index (χ1) is 14.5. The Morgan fingerprint density at radius 2 is 1.67 bits per heavy atom. The molecule has 2 heterocycles. The zero-order valence-corrected chi connectivity index (χ0v) is 20.2. The minimum atomic E-state index is -0.438. The first kappa shape index (κ1) is 21.7. The summed E-state index contributed by atoms with van der Waals surface area (Å²) in [4.78, 5) is 31.2. The van der Waals surface area contributed by atoms with Gasteiger partial charge in [-0.15, -0.1) is 0 Å².